The van der Waals surface area contributed by atoms with Gasteiger partial charge in [0.1, 0.15) is 5.75 Å². The minimum Gasteiger partial charge on any atom is -0.497 e. The summed E-state index contributed by atoms with van der Waals surface area (Å²) in [5, 5.41) is 0. The topological polar surface area (TPSA) is 43.4 Å². The zero-order valence-corrected chi connectivity index (χ0v) is 11.6. The van der Waals surface area contributed by atoms with Crippen molar-refractivity contribution in [3.8, 4) is 5.75 Å². The minimum atomic E-state index is -0.0987. The fourth-order valence-electron chi connectivity index (χ4n) is 1.95. The van der Waals surface area contributed by atoms with Gasteiger partial charge in [-0.25, -0.2) is 0 Å². The van der Waals surface area contributed by atoms with Crippen molar-refractivity contribution < 1.29 is 14.3 Å². The summed E-state index contributed by atoms with van der Waals surface area (Å²) >= 11 is 0. The molecule has 0 aliphatic heterocycles. The van der Waals surface area contributed by atoms with E-state index in [0.29, 0.717) is 28.9 Å². The molecule has 0 aliphatic rings. The molecule has 0 aromatic heterocycles. The third kappa shape index (κ3) is 2.94. The predicted molar refractivity (Wildman–Crippen MR) is 77.5 cm³/mol. The van der Waals surface area contributed by atoms with Gasteiger partial charge in [0.2, 0.25) is 0 Å². The Morgan fingerprint density at radius 3 is 2.20 bits per heavy atom. The number of ketones is 2. The first-order chi connectivity index (χ1) is 9.65. The molecule has 0 unspecified atom stereocenters. The van der Waals surface area contributed by atoms with E-state index >= 15 is 0 Å². The van der Waals surface area contributed by atoms with Crippen LogP contribution in [-0.4, -0.2) is 18.7 Å². The van der Waals surface area contributed by atoms with Crippen molar-refractivity contribution in [2.24, 2.45) is 0 Å². The van der Waals surface area contributed by atoms with Gasteiger partial charge in [-0.1, -0.05) is 25.1 Å². The number of hydrogen-bond acceptors (Lipinski definition) is 3. The van der Waals surface area contributed by atoms with Crippen molar-refractivity contribution in [2.75, 3.05) is 7.11 Å². The van der Waals surface area contributed by atoms with Crippen LogP contribution >= 0.6 is 0 Å². The molecule has 0 heterocycles. The lowest BCUT2D eigenvalue weighted by atomic mass is 9.99. The summed E-state index contributed by atoms with van der Waals surface area (Å²) in [5.41, 5.74) is 1.67. The van der Waals surface area contributed by atoms with Crippen LogP contribution in [0.15, 0.2) is 48.5 Å². The van der Waals surface area contributed by atoms with Crippen molar-refractivity contribution >= 4 is 11.6 Å². The van der Waals surface area contributed by atoms with Crippen LogP contribution in [0.4, 0.5) is 0 Å². The number of hydrogen-bond donors (Lipinski definition) is 0. The summed E-state index contributed by atoms with van der Waals surface area (Å²) < 4.78 is 5.06. The molecule has 0 aliphatic carbocycles. The molecule has 102 valence electrons. The first kappa shape index (κ1) is 14.0. The Labute approximate surface area is 118 Å². The van der Waals surface area contributed by atoms with Crippen LogP contribution in [-0.2, 0) is 0 Å². The van der Waals surface area contributed by atoms with Crippen molar-refractivity contribution in [3.63, 3.8) is 0 Å². The van der Waals surface area contributed by atoms with Crippen LogP contribution in [0.25, 0.3) is 0 Å². The third-order valence-electron chi connectivity index (χ3n) is 3.12. The summed E-state index contributed by atoms with van der Waals surface area (Å²) in [5.74, 6) is 0.643. The monoisotopic (exact) mass is 268 g/mol. The second-order valence-electron chi connectivity index (χ2n) is 4.42. The van der Waals surface area contributed by atoms with Gasteiger partial charge in [0.25, 0.3) is 0 Å². The highest BCUT2D eigenvalue weighted by Gasteiger charge is 2.11. The maximum atomic E-state index is 12.4. The first-order valence-electron chi connectivity index (χ1n) is 6.47. The maximum Gasteiger partial charge on any atom is 0.193 e. The number of carbonyl (C=O) groups is 2. The molecule has 2 aromatic carbocycles. The van der Waals surface area contributed by atoms with E-state index in [2.05, 4.69) is 0 Å². The van der Waals surface area contributed by atoms with Crippen LogP contribution in [0.3, 0.4) is 0 Å². The molecule has 0 atom stereocenters. The SMILES string of the molecule is CCC(=O)c1cccc(C(=O)c2ccc(OC)cc2)c1. The highest BCUT2D eigenvalue weighted by Crippen LogP contribution is 2.16. The summed E-state index contributed by atoms with van der Waals surface area (Å²) in [6.07, 6.45) is 0.431. The predicted octanol–water partition coefficient (Wildman–Crippen LogP) is 3.52. The van der Waals surface area contributed by atoms with Gasteiger partial charge in [0, 0.05) is 23.1 Å². The fourth-order valence-corrected chi connectivity index (χ4v) is 1.95. The number of rotatable bonds is 5. The number of benzene rings is 2. The average molecular weight is 268 g/mol. The van der Waals surface area contributed by atoms with Crippen LogP contribution < -0.4 is 4.74 Å². The quantitative estimate of drug-likeness (QED) is 0.779. The van der Waals surface area contributed by atoms with E-state index in [1.807, 2.05) is 0 Å². The minimum absolute atomic E-state index is 0.0365. The maximum absolute atomic E-state index is 12.4. The lowest BCUT2D eigenvalue weighted by Crippen LogP contribution is -2.04. The Morgan fingerprint density at radius 1 is 0.950 bits per heavy atom. The lowest BCUT2D eigenvalue weighted by molar-refractivity contribution is 0.0988. The van der Waals surface area contributed by atoms with Crippen molar-refractivity contribution in [1.29, 1.82) is 0 Å². The normalized spacial score (nSPS) is 10.1. The van der Waals surface area contributed by atoms with Gasteiger partial charge in [0.15, 0.2) is 11.6 Å². The van der Waals surface area contributed by atoms with Gasteiger partial charge >= 0.3 is 0 Å². The zero-order chi connectivity index (χ0) is 14.5. The van der Waals surface area contributed by atoms with Crippen LogP contribution in [0.2, 0.25) is 0 Å². The summed E-state index contributed by atoms with van der Waals surface area (Å²) in [4.78, 5) is 24.0. The van der Waals surface area contributed by atoms with Crippen LogP contribution in [0, 0.1) is 0 Å². The van der Waals surface area contributed by atoms with E-state index in [-0.39, 0.29) is 11.6 Å². The van der Waals surface area contributed by atoms with Gasteiger partial charge in [-0.05, 0) is 30.3 Å². The molecular weight excluding hydrogens is 252 g/mol. The molecule has 3 heteroatoms. The van der Waals surface area contributed by atoms with Crippen molar-refractivity contribution in [1.82, 2.24) is 0 Å². The Kier molecular flexibility index (Phi) is 4.31. The van der Waals surface area contributed by atoms with E-state index in [0.717, 1.165) is 0 Å². The van der Waals surface area contributed by atoms with E-state index in [4.69, 9.17) is 4.74 Å². The van der Waals surface area contributed by atoms with Gasteiger partial charge in [-0.2, -0.15) is 0 Å². The Bertz CT molecular complexity index is 627. The average Bonchev–Trinajstić information content (AvgIpc) is 2.53. The number of ether oxygens (including phenoxy) is 1. The van der Waals surface area contributed by atoms with E-state index in [9.17, 15) is 9.59 Å². The van der Waals surface area contributed by atoms with Crippen molar-refractivity contribution in [2.45, 2.75) is 13.3 Å². The fraction of sp³-hybridized carbons (Fsp3) is 0.176. The summed E-state index contributed by atoms with van der Waals surface area (Å²) in [7, 11) is 1.58. The highest BCUT2D eigenvalue weighted by molar-refractivity contribution is 6.10. The van der Waals surface area contributed by atoms with Gasteiger partial charge in [0.05, 0.1) is 7.11 Å². The number of Topliss-reactive ketones (excluding diaryl/α,β-unsaturated/α-hetero) is 1. The van der Waals surface area contributed by atoms with Crippen LogP contribution in [0.5, 0.6) is 5.75 Å². The first-order valence-corrected chi connectivity index (χ1v) is 6.47. The van der Waals surface area contributed by atoms with E-state index < -0.39 is 0 Å². The molecule has 0 amide bonds. The molecular formula is C17H16O3. The molecule has 0 N–H and O–H groups in total. The van der Waals surface area contributed by atoms with E-state index in [1.54, 1.807) is 62.6 Å². The molecule has 0 saturated heterocycles. The van der Waals surface area contributed by atoms with Crippen LogP contribution in [0.1, 0.15) is 39.6 Å². The second kappa shape index (κ2) is 6.15. The van der Waals surface area contributed by atoms with Gasteiger partial charge in [-0.3, -0.25) is 9.59 Å². The van der Waals surface area contributed by atoms with Gasteiger partial charge in [-0.15, -0.1) is 0 Å². The summed E-state index contributed by atoms with van der Waals surface area (Å²) in [6.45, 7) is 1.81. The Balaban J connectivity index is 2.30. The zero-order valence-electron chi connectivity index (χ0n) is 11.6. The molecule has 3 nitrogen and oxygen atoms in total. The standard InChI is InChI=1S/C17H16O3/c1-3-16(18)13-5-4-6-14(11-13)17(19)12-7-9-15(20-2)10-8-12/h4-11H,3H2,1-2H3. The Morgan fingerprint density at radius 2 is 1.60 bits per heavy atom. The molecule has 2 rings (SSSR count). The molecule has 2 aromatic rings. The summed E-state index contributed by atoms with van der Waals surface area (Å²) in [6, 6.07) is 13.8. The molecule has 0 fully saturated rings. The number of methoxy groups -OCH3 is 1. The third-order valence-corrected chi connectivity index (χ3v) is 3.12. The smallest absolute Gasteiger partial charge is 0.193 e. The lowest BCUT2D eigenvalue weighted by Gasteiger charge is -2.05. The second-order valence-corrected chi connectivity index (χ2v) is 4.42. The Hall–Kier alpha value is -2.42. The van der Waals surface area contributed by atoms with Gasteiger partial charge < -0.3 is 4.74 Å². The largest absolute Gasteiger partial charge is 0.497 e. The highest BCUT2D eigenvalue weighted by atomic mass is 16.5. The molecule has 0 bridgehead atoms. The number of carbonyl (C=O) groups excluding carboxylic acids is 2. The van der Waals surface area contributed by atoms with Crippen molar-refractivity contribution in [3.05, 3.63) is 65.2 Å². The molecule has 0 saturated carbocycles. The molecule has 20 heavy (non-hydrogen) atoms. The molecule has 0 spiro atoms. The molecule has 0 radical (unpaired) electrons. The van der Waals surface area contributed by atoms with E-state index in [1.165, 1.54) is 0 Å².